The van der Waals surface area contributed by atoms with Crippen molar-refractivity contribution in [3.05, 3.63) is 46.5 Å². The summed E-state index contributed by atoms with van der Waals surface area (Å²) in [5.41, 5.74) is 2.08. The number of hydrogen-bond donors (Lipinski definition) is 1. The molecule has 0 atom stereocenters. The number of carbonyl (C=O) groups excluding carboxylic acids is 1. The van der Waals surface area contributed by atoms with Gasteiger partial charge in [-0.05, 0) is 56.4 Å². The molecule has 4 heterocycles. The van der Waals surface area contributed by atoms with Crippen LogP contribution in [0.3, 0.4) is 0 Å². The number of thiazole rings is 2. The Hall–Kier alpha value is -3.20. The second kappa shape index (κ2) is 11.1. The van der Waals surface area contributed by atoms with E-state index in [9.17, 15) is 13.2 Å². The lowest BCUT2D eigenvalue weighted by Crippen LogP contribution is -2.37. The Morgan fingerprint density at radius 3 is 2.59 bits per heavy atom. The third kappa shape index (κ3) is 5.88. The molecule has 1 aliphatic rings. The summed E-state index contributed by atoms with van der Waals surface area (Å²) in [6, 6.07) is 9.83. The molecule has 1 fully saturated rings. The van der Waals surface area contributed by atoms with E-state index in [1.807, 2.05) is 44.3 Å². The van der Waals surface area contributed by atoms with E-state index in [0.29, 0.717) is 42.7 Å². The predicted molar refractivity (Wildman–Crippen MR) is 154 cm³/mol. The number of anilines is 4. The van der Waals surface area contributed by atoms with Gasteiger partial charge >= 0.3 is 5.97 Å². The summed E-state index contributed by atoms with van der Waals surface area (Å²) in [5, 5.41) is 13.4. The van der Waals surface area contributed by atoms with Gasteiger partial charge in [0.15, 0.2) is 27.6 Å². The van der Waals surface area contributed by atoms with Crippen molar-refractivity contribution < 1.29 is 17.9 Å². The maximum Gasteiger partial charge on any atom is 0.358 e. The normalized spacial score (nSPS) is 15.0. The van der Waals surface area contributed by atoms with Crippen molar-refractivity contribution in [2.45, 2.75) is 32.6 Å². The molecule has 39 heavy (non-hydrogen) atoms. The van der Waals surface area contributed by atoms with E-state index in [4.69, 9.17) is 4.74 Å². The third-order valence-electron chi connectivity index (χ3n) is 6.53. The van der Waals surface area contributed by atoms with Crippen LogP contribution in [0.5, 0.6) is 0 Å². The predicted octanol–water partition coefficient (Wildman–Crippen LogP) is 4.68. The van der Waals surface area contributed by atoms with Crippen molar-refractivity contribution in [1.29, 1.82) is 0 Å². The van der Waals surface area contributed by atoms with Crippen molar-refractivity contribution in [2.24, 2.45) is 0 Å². The van der Waals surface area contributed by atoms with E-state index in [-0.39, 0.29) is 18.2 Å². The number of esters is 1. The maximum atomic E-state index is 12.8. The molecule has 1 saturated heterocycles. The minimum Gasteiger partial charge on any atom is -0.461 e. The summed E-state index contributed by atoms with van der Waals surface area (Å²) in [4.78, 5) is 24.6. The lowest BCUT2D eigenvalue weighted by Gasteiger charge is -2.29. The Balaban J connectivity index is 1.38. The highest BCUT2D eigenvalue weighted by Crippen LogP contribution is 2.40. The van der Waals surface area contributed by atoms with E-state index in [1.165, 1.54) is 21.9 Å². The Kier molecular flexibility index (Phi) is 7.80. The van der Waals surface area contributed by atoms with Crippen molar-refractivity contribution in [3.8, 4) is 0 Å². The number of nitrogens with one attached hydrogen (secondary N) is 1. The van der Waals surface area contributed by atoms with Crippen molar-refractivity contribution in [1.82, 2.24) is 24.5 Å². The number of carbonyl (C=O) groups is 1. The standard InChI is InChI=1S/C25H29N7O4S3/c1-5-36-23(33)20-21(16-10-12-32(13-11-16)39(4,34)35)38-25(27-20)31(3)19-14-15(2)22(30-29-19)28-24-26-17-8-6-7-9-18(17)37-24/h6-9,14,16H,5,10-13H2,1-4H3,(H,26,28,30). The zero-order chi connectivity index (χ0) is 27.7. The van der Waals surface area contributed by atoms with E-state index in [0.717, 1.165) is 25.8 Å². The zero-order valence-electron chi connectivity index (χ0n) is 22.0. The number of hydrogen-bond acceptors (Lipinski definition) is 12. The first kappa shape index (κ1) is 27.4. The number of nitrogens with zero attached hydrogens (tertiary/aromatic N) is 6. The lowest BCUT2D eigenvalue weighted by molar-refractivity contribution is 0.0518. The molecule has 0 spiro atoms. The number of aromatic nitrogens is 4. The molecule has 1 N–H and O–H groups in total. The Labute approximate surface area is 234 Å². The zero-order valence-corrected chi connectivity index (χ0v) is 24.5. The van der Waals surface area contributed by atoms with Gasteiger partial charge in [-0.2, -0.15) is 0 Å². The van der Waals surface area contributed by atoms with Crippen molar-refractivity contribution >= 4 is 70.8 Å². The number of para-hydroxylation sites is 1. The van der Waals surface area contributed by atoms with Gasteiger partial charge < -0.3 is 15.0 Å². The first-order valence-corrected chi connectivity index (χ1v) is 16.0. The summed E-state index contributed by atoms with van der Waals surface area (Å²) in [6.45, 7) is 4.74. The van der Waals surface area contributed by atoms with Crippen LogP contribution in [0.25, 0.3) is 10.2 Å². The Bertz CT molecular complexity index is 1580. The summed E-state index contributed by atoms with van der Waals surface area (Å²) in [7, 11) is -1.42. The van der Waals surface area contributed by atoms with Crippen LogP contribution in [-0.4, -0.2) is 71.9 Å². The van der Waals surface area contributed by atoms with Crippen molar-refractivity contribution in [3.63, 3.8) is 0 Å². The fraction of sp³-hybridized carbons (Fsp3) is 0.400. The van der Waals surface area contributed by atoms with Crippen LogP contribution in [0.4, 0.5) is 21.9 Å². The number of aryl methyl sites for hydroxylation is 1. The van der Waals surface area contributed by atoms with E-state index in [2.05, 4.69) is 25.5 Å². The molecular weight excluding hydrogens is 559 g/mol. The smallest absolute Gasteiger partial charge is 0.358 e. The van der Waals surface area contributed by atoms with Gasteiger partial charge in [-0.15, -0.1) is 21.5 Å². The fourth-order valence-corrected chi connectivity index (χ4v) is 7.35. The highest BCUT2D eigenvalue weighted by molar-refractivity contribution is 7.88. The van der Waals surface area contributed by atoms with Crippen LogP contribution < -0.4 is 10.2 Å². The van der Waals surface area contributed by atoms with E-state index >= 15 is 0 Å². The van der Waals surface area contributed by atoms with E-state index in [1.54, 1.807) is 23.2 Å². The molecule has 1 aliphatic heterocycles. The van der Waals surface area contributed by atoms with Gasteiger partial charge in [0.05, 0.1) is 23.1 Å². The fourth-order valence-electron chi connectivity index (χ4n) is 4.42. The summed E-state index contributed by atoms with van der Waals surface area (Å²) in [5.74, 6) is 0.711. The molecule has 5 rings (SSSR count). The lowest BCUT2D eigenvalue weighted by atomic mass is 9.95. The van der Waals surface area contributed by atoms with Crippen LogP contribution in [0, 0.1) is 6.92 Å². The van der Waals surface area contributed by atoms with Crippen LogP contribution in [0.1, 0.15) is 46.6 Å². The monoisotopic (exact) mass is 587 g/mol. The molecule has 0 saturated carbocycles. The minimum atomic E-state index is -3.25. The van der Waals surface area contributed by atoms with E-state index < -0.39 is 16.0 Å². The average Bonchev–Trinajstić information content (AvgIpc) is 3.53. The first-order valence-electron chi connectivity index (χ1n) is 12.5. The molecule has 11 nitrogen and oxygen atoms in total. The summed E-state index contributed by atoms with van der Waals surface area (Å²) >= 11 is 2.95. The molecule has 0 bridgehead atoms. The molecule has 14 heteroatoms. The molecule has 206 valence electrons. The molecule has 0 unspecified atom stereocenters. The van der Waals surface area contributed by atoms with Gasteiger partial charge in [-0.1, -0.05) is 23.5 Å². The van der Waals surface area contributed by atoms with Crippen LogP contribution >= 0.6 is 22.7 Å². The molecule has 4 aromatic rings. The second-order valence-electron chi connectivity index (χ2n) is 9.27. The Morgan fingerprint density at radius 1 is 1.18 bits per heavy atom. The highest BCUT2D eigenvalue weighted by atomic mass is 32.2. The van der Waals surface area contributed by atoms with Gasteiger partial charge in [-0.3, -0.25) is 0 Å². The van der Waals surface area contributed by atoms with Gasteiger partial charge in [0.25, 0.3) is 0 Å². The SMILES string of the molecule is CCOC(=O)c1nc(N(C)c2cc(C)c(Nc3nc4ccccc4s3)nn2)sc1C1CCN(S(C)(=O)=O)CC1. The summed E-state index contributed by atoms with van der Waals surface area (Å²) < 4.78 is 31.7. The number of sulfonamides is 1. The second-order valence-corrected chi connectivity index (χ2v) is 13.3. The number of benzene rings is 1. The number of ether oxygens (including phenoxy) is 1. The first-order chi connectivity index (χ1) is 18.6. The van der Waals surface area contributed by atoms with Gasteiger partial charge in [-0.25, -0.2) is 27.5 Å². The largest absolute Gasteiger partial charge is 0.461 e. The third-order valence-corrected chi connectivity index (χ3v) is 10.1. The summed E-state index contributed by atoms with van der Waals surface area (Å²) in [6.07, 6.45) is 2.44. The molecular formula is C25H29N7O4S3. The minimum absolute atomic E-state index is 0.00950. The van der Waals surface area contributed by atoms with Gasteiger partial charge in [0.1, 0.15) is 0 Å². The van der Waals surface area contributed by atoms with Crippen molar-refractivity contribution in [2.75, 3.05) is 43.2 Å². The molecule has 0 radical (unpaired) electrons. The topological polar surface area (TPSA) is 131 Å². The molecule has 0 amide bonds. The average molecular weight is 588 g/mol. The molecule has 1 aromatic carbocycles. The maximum absolute atomic E-state index is 12.8. The number of rotatable bonds is 8. The molecule has 0 aliphatic carbocycles. The van der Waals surface area contributed by atoms with Gasteiger partial charge in [0.2, 0.25) is 10.0 Å². The highest BCUT2D eigenvalue weighted by Gasteiger charge is 2.32. The molecule has 3 aromatic heterocycles. The van der Waals surface area contributed by atoms with Gasteiger partial charge in [0, 0.05) is 25.0 Å². The Morgan fingerprint density at radius 2 is 1.92 bits per heavy atom. The van der Waals surface area contributed by atoms with Crippen LogP contribution in [-0.2, 0) is 14.8 Å². The van der Waals surface area contributed by atoms with Crippen LogP contribution in [0.2, 0.25) is 0 Å². The van der Waals surface area contributed by atoms with Crippen LogP contribution in [0.15, 0.2) is 30.3 Å². The quantitative estimate of drug-likeness (QED) is 0.290. The number of fused-ring (bicyclic) bond motifs is 1. The number of piperidine rings is 1.